The SMILES string of the molecule is CC(C(=O)Nc1sc2c(c1C(N)=O)CCC2)N1CCS(=O)(=O)CC1. The van der Waals surface area contributed by atoms with Gasteiger partial charge in [-0.3, -0.25) is 14.5 Å². The molecule has 2 aliphatic rings. The van der Waals surface area contributed by atoms with E-state index in [0.717, 1.165) is 29.7 Å². The Hall–Kier alpha value is -1.45. The maximum absolute atomic E-state index is 12.5. The van der Waals surface area contributed by atoms with E-state index in [-0.39, 0.29) is 17.4 Å². The molecule has 0 bridgehead atoms. The van der Waals surface area contributed by atoms with Gasteiger partial charge in [-0.1, -0.05) is 0 Å². The Bertz CT molecular complexity index is 771. The maximum atomic E-state index is 12.5. The molecule has 1 fully saturated rings. The average molecular weight is 371 g/mol. The molecule has 132 valence electrons. The summed E-state index contributed by atoms with van der Waals surface area (Å²) in [4.78, 5) is 27.3. The fraction of sp³-hybridized carbons (Fsp3) is 0.600. The van der Waals surface area contributed by atoms with Crippen LogP contribution >= 0.6 is 11.3 Å². The van der Waals surface area contributed by atoms with Crippen LogP contribution in [-0.4, -0.2) is 55.8 Å². The topological polar surface area (TPSA) is 110 Å². The zero-order valence-corrected chi connectivity index (χ0v) is 15.1. The van der Waals surface area contributed by atoms with Crippen LogP contribution in [0.2, 0.25) is 0 Å². The van der Waals surface area contributed by atoms with Gasteiger partial charge in [-0.25, -0.2) is 8.42 Å². The number of primary amides is 1. The molecule has 7 nitrogen and oxygen atoms in total. The highest BCUT2D eigenvalue weighted by atomic mass is 32.2. The van der Waals surface area contributed by atoms with E-state index in [2.05, 4.69) is 5.32 Å². The molecule has 1 aromatic rings. The third-order valence-electron chi connectivity index (χ3n) is 4.71. The summed E-state index contributed by atoms with van der Waals surface area (Å²) in [7, 11) is -2.98. The molecule has 9 heteroatoms. The molecule has 0 spiro atoms. The average Bonchev–Trinajstić information content (AvgIpc) is 3.06. The van der Waals surface area contributed by atoms with E-state index in [1.54, 1.807) is 6.92 Å². The fourth-order valence-electron chi connectivity index (χ4n) is 3.25. The van der Waals surface area contributed by atoms with Gasteiger partial charge >= 0.3 is 0 Å². The summed E-state index contributed by atoms with van der Waals surface area (Å²) < 4.78 is 23.0. The maximum Gasteiger partial charge on any atom is 0.251 e. The van der Waals surface area contributed by atoms with Gasteiger partial charge < -0.3 is 11.1 Å². The van der Waals surface area contributed by atoms with Gasteiger partial charge in [0, 0.05) is 18.0 Å². The quantitative estimate of drug-likeness (QED) is 0.796. The Kier molecular flexibility index (Phi) is 4.67. The van der Waals surface area contributed by atoms with Crippen molar-refractivity contribution in [2.24, 2.45) is 5.73 Å². The normalized spacial score (nSPS) is 21.2. The van der Waals surface area contributed by atoms with Gasteiger partial charge in [0.15, 0.2) is 9.84 Å². The lowest BCUT2D eigenvalue weighted by molar-refractivity contribution is -0.120. The Morgan fingerprint density at radius 3 is 2.54 bits per heavy atom. The van der Waals surface area contributed by atoms with Crippen LogP contribution < -0.4 is 11.1 Å². The van der Waals surface area contributed by atoms with E-state index in [9.17, 15) is 18.0 Å². The number of carbonyl (C=O) groups is 2. The molecule has 3 N–H and O–H groups in total. The van der Waals surface area contributed by atoms with Crippen molar-refractivity contribution in [1.82, 2.24) is 4.90 Å². The van der Waals surface area contributed by atoms with Crippen molar-refractivity contribution in [3.8, 4) is 0 Å². The Balaban J connectivity index is 1.72. The Morgan fingerprint density at radius 2 is 1.92 bits per heavy atom. The number of amides is 2. The largest absolute Gasteiger partial charge is 0.365 e. The molecule has 3 rings (SSSR count). The van der Waals surface area contributed by atoms with E-state index in [4.69, 9.17) is 5.73 Å². The van der Waals surface area contributed by atoms with Crippen LogP contribution in [0, 0.1) is 0 Å². The summed E-state index contributed by atoms with van der Waals surface area (Å²) in [5, 5.41) is 3.35. The molecule has 1 aliphatic carbocycles. The van der Waals surface area contributed by atoms with E-state index in [1.165, 1.54) is 11.3 Å². The summed E-state index contributed by atoms with van der Waals surface area (Å²) in [5.41, 5.74) is 6.91. The second kappa shape index (κ2) is 6.45. The minimum absolute atomic E-state index is 0.0739. The van der Waals surface area contributed by atoms with Crippen LogP contribution in [-0.2, 0) is 27.5 Å². The molecule has 0 aromatic carbocycles. The fourth-order valence-corrected chi connectivity index (χ4v) is 5.78. The molecule has 2 heterocycles. The standard InChI is InChI=1S/C15H21N3O4S2/c1-9(18-5-7-24(21,22)8-6-18)14(20)17-15-12(13(16)19)10-3-2-4-11(10)23-15/h9H,2-8H2,1H3,(H2,16,19)(H,17,20). The predicted molar refractivity (Wildman–Crippen MR) is 93.2 cm³/mol. The molecule has 1 aromatic heterocycles. The Morgan fingerprint density at radius 1 is 1.25 bits per heavy atom. The van der Waals surface area contributed by atoms with Crippen molar-refractivity contribution in [2.45, 2.75) is 32.2 Å². The van der Waals surface area contributed by atoms with Crippen molar-refractivity contribution in [3.05, 3.63) is 16.0 Å². The van der Waals surface area contributed by atoms with Crippen molar-refractivity contribution >= 4 is 38.0 Å². The Labute approximate surface area is 145 Å². The van der Waals surface area contributed by atoms with E-state index >= 15 is 0 Å². The number of nitrogens with two attached hydrogens (primary N) is 1. The number of carbonyl (C=O) groups excluding carboxylic acids is 2. The molecule has 1 saturated heterocycles. The minimum Gasteiger partial charge on any atom is -0.365 e. The van der Waals surface area contributed by atoms with Crippen molar-refractivity contribution < 1.29 is 18.0 Å². The number of aryl methyl sites for hydroxylation is 1. The first kappa shape index (κ1) is 17.4. The minimum atomic E-state index is -2.98. The van der Waals surface area contributed by atoms with Crippen LogP contribution in [0.4, 0.5) is 5.00 Å². The lowest BCUT2D eigenvalue weighted by Gasteiger charge is -2.31. The van der Waals surface area contributed by atoms with Crippen LogP contribution in [0.3, 0.4) is 0 Å². The monoisotopic (exact) mass is 371 g/mol. The smallest absolute Gasteiger partial charge is 0.251 e. The number of rotatable bonds is 4. The third-order valence-corrected chi connectivity index (χ3v) is 7.53. The summed E-state index contributed by atoms with van der Waals surface area (Å²) >= 11 is 1.42. The number of thiophene rings is 1. The molecule has 24 heavy (non-hydrogen) atoms. The van der Waals surface area contributed by atoms with E-state index < -0.39 is 21.8 Å². The van der Waals surface area contributed by atoms with Crippen LogP contribution in [0.1, 0.15) is 34.1 Å². The van der Waals surface area contributed by atoms with Gasteiger partial charge in [-0.15, -0.1) is 11.3 Å². The van der Waals surface area contributed by atoms with Gasteiger partial charge in [-0.2, -0.15) is 0 Å². The van der Waals surface area contributed by atoms with Crippen LogP contribution in [0.5, 0.6) is 0 Å². The van der Waals surface area contributed by atoms with Gasteiger partial charge in [0.25, 0.3) is 5.91 Å². The van der Waals surface area contributed by atoms with Crippen molar-refractivity contribution in [3.63, 3.8) is 0 Å². The lowest BCUT2D eigenvalue weighted by Crippen LogP contribution is -2.49. The van der Waals surface area contributed by atoms with E-state index in [0.29, 0.717) is 23.7 Å². The number of hydrogen-bond donors (Lipinski definition) is 2. The van der Waals surface area contributed by atoms with Crippen LogP contribution in [0.15, 0.2) is 0 Å². The highest BCUT2D eigenvalue weighted by Crippen LogP contribution is 2.38. The van der Waals surface area contributed by atoms with Gasteiger partial charge in [0.1, 0.15) is 5.00 Å². The predicted octanol–water partition coefficient (Wildman–Crippen LogP) is 0.393. The molecule has 0 saturated carbocycles. The first-order valence-electron chi connectivity index (χ1n) is 7.98. The number of nitrogens with zero attached hydrogens (tertiary/aromatic N) is 1. The van der Waals surface area contributed by atoms with Gasteiger partial charge in [0.2, 0.25) is 5.91 Å². The third kappa shape index (κ3) is 3.33. The van der Waals surface area contributed by atoms with Crippen molar-refractivity contribution in [2.75, 3.05) is 29.9 Å². The zero-order valence-electron chi connectivity index (χ0n) is 13.5. The van der Waals surface area contributed by atoms with E-state index in [1.807, 2.05) is 4.90 Å². The highest BCUT2D eigenvalue weighted by Gasteiger charge is 2.31. The second-order valence-electron chi connectivity index (χ2n) is 6.28. The molecule has 1 aliphatic heterocycles. The first-order valence-corrected chi connectivity index (χ1v) is 10.6. The highest BCUT2D eigenvalue weighted by molar-refractivity contribution is 7.91. The summed E-state index contributed by atoms with van der Waals surface area (Å²) in [6.07, 6.45) is 2.74. The number of hydrogen-bond acceptors (Lipinski definition) is 6. The lowest BCUT2D eigenvalue weighted by atomic mass is 10.1. The summed E-state index contributed by atoms with van der Waals surface area (Å²) in [6.45, 7) is 2.44. The summed E-state index contributed by atoms with van der Waals surface area (Å²) in [6, 6.07) is -0.460. The first-order chi connectivity index (χ1) is 11.3. The summed E-state index contributed by atoms with van der Waals surface area (Å²) in [5.74, 6) is -0.604. The molecular formula is C15H21N3O4S2. The van der Waals surface area contributed by atoms with Crippen LogP contribution in [0.25, 0.3) is 0 Å². The van der Waals surface area contributed by atoms with Gasteiger partial charge in [0.05, 0.1) is 23.1 Å². The van der Waals surface area contributed by atoms with Gasteiger partial charge in [-0.05, 0) is 31.7 Å². The second-order valence-corrected chi connectivity index (χ2v) is 9.69. The molecule has 1 atom stereocenters. The van der Waals surface area contributed by atoms with Crippen molar-refractivity contribution in [1.29, 1.82) is 0 Å². The molecule has 2 amide bonds. The molecular weight excluding hydrogens is 350 g/mol. The number of sulfone groups is 1. The zero-order chi connectivity index (χ0) is 17.5. The molecule has 0 radical (unpaired) electrons. The number of anilines is 1. The molecule has 1 unspecified atom stereocenters. The number of fused-ring (bicyclic) bond motifs is 1. The number of nitrogens with one attached hydrogen (secondary N) is 1.